The zero-order valence-electron chi connectivity index (χ0n) is 11.4. The van der Waals surface area contributed by atoms with Gasteiger partial charge in [0.05, 0.1) is 0 Å². The SMILES string of the molecule is CCCC1CCC(CN)C(N(CC)CC)C1. The average Bonchev–Trinajstić information content (AvgIpc) is 2.31. The monoisotopic (exact) mass is 226 g/mol. The molecule has 1 saturated carbocycles. The predicted molar refractivity (Wildman–Crippen MR) is 71.5 cm³/mol. The Kier molecular flexibility index (Phi) is 6.37. The summed E-state index contributed by atoms with van der Waals surface area (Å²) in [5.41, 5.74) is 5.93. The summed E-state index contributed by atoms with van der Waals surface area (Å²) in [6.07, 6.45) is 6.89. The van der Waals surface area contributed by atoms with Crippen LogP contribution in [0.15, 0.2) is 0 Å². The lowest BCUT2D eigenvalue weighted by Gasteiger charge is -2.42. The van der Waals surface area contributed by atoms with Gasteiger partial charge in [-0.25, -0.2) is 0 Å². The first-order valence-corrected chi connectivity index (χ1v) is 7.20. The summed E-state index contributed by atoms with van der Waals surface area (Å²) in [5.74, 6) is 1.70. The molecule has 16 heavy (non-hydrogen) atoms. The van der Waals surface area contributed by atoms with Crippen molar-refractivity contribution < 1.29 is 0 Å². The lowest BCUT2D eigenvalue weighted by atomic mass is 9.76. The molecule has 0 aliphatic heterocycles. The van der Waals surface area contributed by atoms with Gasteiger partial charge in [-0.05, 0) is 44.3 Å². The van der Waals surface area contributed by atoms with Crippen LogP contribution in [-0.4, -0.2) is 30.6 Å². The molecule has 2 nitrogen and oxygen atoms in total. The number of rotatable bonds is 6. The van der Waals surface area contributed by atoms with Crippen molar-refractivity contribution in [2.45, 2.75) is 58.9 Å². The van der Waals surface area contributed by atoms with E-state index in [2.05, 4.69) is 25.7 Å². The highest BCUT2D eigenvalue weighted by Crippen LogP contribution is 2.34. The van der Waals surface area contributed by atoms with Crippen LogP contribution in [-0.2, 0) is 0 Å². The third kappa shape index (κ3) is 3.46. The van der Waals surface area contributed by atoms with Crippen LogP contribution in [0.3, 0.4) is 0 Å². The van der Waals surface area contributed by atoms with Crippen molar-refractivity contribution in [3.05, 3.63) is 0 Å². The van der Waals surface area contributed by atoms with Gasteiger partial charge in [0.25, 0.3) is 0 Å². The second kappa shape index (κ2) is 7.29. The Labute approximate surface area is 102 Å². The van der Waals surface area contributed by atoms with E-state index in [1.807, 2.05) is 0 Å². The van der Waals surface area contributed by atoms with E-state index in [0.29, 0.717) is 0 Å². The molecule has 0 radical (unpaired) electrons. The number of hydrogen-bond acceptors (Lipinski definition) is 2. The molecular weight excluding hydrogens is 196 g/mol. The standard InChI is InChI=1S/C14H30N2/c1-4-7-12-8-9-13(11-15)14(10-12)16(5-2)6-3/h12-14H,4-11,15H2,1-3H3. The van der Waals surface area contributed by atoms with E-state index in [9.17, 15) is 0 Å². The molecule has 0 aromatic carbocycles. The van der Waals surface area contributed by atoms with Gasteiger partial charge in [-0.1, -0.05) is 40.0 Å². The minimum atomic E-state index is 0.744. The summed E-state index contributed by atoms with van der Waals surface area (Å²) in [7, 11) is 0. The van der Waals surface area contributed by atoms with Crippen molar-refractivity contribution in [2.24, 2.45) is 17.6 Å². The molecule has 96 valence electrons. The molecule has 2 N–H and O–H groups in total. The molecule has 0 amide bonds. The molecule has 3 atom stereocenters. The molecule has 0 saturated heterocycles. The van der Waals surface area contributed by atoms with Gasteiger partial charge in [-0.15, -0.1) is 0 Å². The van der Waals surface area contributed by atoms with Gasteiger partial charge in [0.15, 0.2) is 0 Å². The van der Waals surface area contributed by atoms with Crippen LogP contribution in [0.2, 0.25) is 0 Å². The molecule has 1 fully saturated rings. The number of nitrogens with two attached hydrogens (primary N) is 1. The Morgan fingerprint density at radius 3 is 2.31 bits per heavy atom. The quantitative estimate of drug-likeness (QED) is 0.754. The van der Waals surface area contributed by atoms with Crippen molar-refractivity contribution in [3.8, 4) is 0 Å². The van der Waals surface area contributed by atoms with Crippen molar-refractivity contribution in [2.75, 3.05) is 19.6 Å². The molecule has 0 bridgehead atoms. The maximum absolute atomic E-state index is 5.93. The van der Waals surface area contributed by atoms with Crippen LogP contribution in [0.1, 0.15) is 52.9 Å². The van der Waals surface area contributed by atoms with Gasteiger partial charge in [-0.3, -0.25) is 0 Å². The Morgan fingerprint density at radius 2 is 1.81 bits per heavy atom. The van der Waals surface area contributed by atoms with E-state index < -0.39 is 0 Å². The summed E-state index contributed by atoms with van der Waals surface area (Å²) in [6, 6.07) is 0.755. The topological polar surface area (TPSA) is 29.3 Å². The Balaban J connectivity index is 2.59. The third-order valence-electron chi connectivity index (χ3n) is 4.35. The minimum absolute atomic E-state index is 0.744. The summed E-state index contributed by atoms with van der Waals surface area (Å²) < 4.78 is 0. The molecule has 0 heterocycles. The van der Waals surface area contributed by atoms with Crippen LogP contribution in [0.5, 0.6) is 0 Å². The van der Waals surface area contributed by atoms with Gasteiger partial charge in [0.2, 0.25) is 0 Å². The first-order valence-electron chi connectivity index (χ1n) is 7.20. The smallest absolute Gasteiger partial charge is 0.0138 e. The van der Waals surface area contributed by atoms with Crippen molar-refractivity contribution >= 4 is 0 Å². The fraction of sp³-hybridized carbons (Fsp3) is 1.00. The van der Waals surface area contributed by atoms with E-state index in [1.165, 1.54) is 45.2 Å². The molecule has 0 aromatic heterocycles. The lowest BCUT2D eigenvalue weighted by molar-refractivity contribution is 0.0875. The van der Waals surface area contributed by atoms with Gasteiger partial charge in [0.1, 0.15) is 0 Å². The van der Waals surface area contributed by atoms with E-state index in [1.54, 1.807) is 0 Å². The van der Waals surface area contributed by atoms with Gasteiger partial charge >= 0.3 is 0 Å². The van der Waals surface area contributed by atoms with Gasteiger partial charge in [-0.2, -0.15) is 0 Å². The van der Waals surface area contributed by atoms with Crippen LogP contribution in [0.4, 0.5) is 0 Å². The van der Waals surface area contributed by atoms with Crippen LogP contribution < -0.4 is 5.73 Å². The van der Waals surface area contributed by atoms with Crippen molar-refractivity contribution in [1.29, 1.82) is 0 Å². The molecule has 1 aliphatic carbocycles. The maximum Gasteiger partial charge on any atom is 0.0138 e. The van der Waals surface area contributed by atoms with Crippen LogP contribution >= 0.6 is 0 Å². The van der Waals surface area contributed by atoms with Crippen molar-refractivity contribution in [1.82, 2.24) is 4.90 Å². The van der Waals surface area contributed by atoms with Crippen LogP contribution in [0, 0.1) is 11.8 Å². The van der Waals surface area contributed by atoms with Gasteiger partial charge in [0, 0.05) is 6.04 Å². The Hall–Kier alpha value is -0.0800. The number of hydrogen-bond donors (Lipinski definition) is 1. The Bertz CT molecular complexity index is 170. The summed E-state index contributed by atoms with van der Waals surface area (Å²) in [6.45, 7) is 10.1. The fourth-order valence-corrected chi connectivity index (χ4v) is 3.38. The van der Waals surface area contributed by atoms with E-state index in [0.717, 1.165) is 24.4 Å². The normalized spacial score (nSPS) is 30.9. The summed E-state index contributed by atoms with van der Waals surface area (Å²) >= 11 is 0. The average molecular weight is 226 g/mol. The minimum Gasteiger partial charge on any atom is -0.330 e. The first kappa shape index (κ1) is 14.0. The van der Waals surface area contributed by atoms with E-state index >= 15 is 0 Å². The molecule has 1 aliphatic rings. The van der Waals surface area contributed by atoms with E-state index in [-0.39, 0.29) is 0 Å². The predicted octanol–water partition coefficient (Wildman–Crippen LogP) is 2.87. The third-order valence-corrected chi connectivity index (χ3v) is 4.35. The second-order valence-corrected chi connectivity index (χ2v) is 5.25. The maximum atomic E-state index is 5.93. The van der Waals surface area contributed by atoms with Crippen molar-refractivity contribution in [3.63, 3.8) is 0 Å². The highest BCUT2D eigenvalue weighted by Gasteiger charge is 2.31. The first-order chi connectivity index (χ1) is 7.76. The highest BCUT2D eigenvalue weighted by molar-refractivity contribution is 4.86. The molecule has 2 heteroatoms. The molecular formula is C14H30N2. The van der Waals surface area contributed by atoms with E-state index in [4.69, 9.17) is 5.73 Å². The zero-order chi connectivity index (χ0) is 12.0. The number of nitrogens with zero attached hydrogens (tertiary/aromatic N) is 1. The largest absolute Gasteiger partial charge is 0.330 e. The molecule has 1 rings (SSSR count). The van der Waals surface area contributed by atoms with Gasteiger partial charge < -0.3 is 10.6 Å². The second-order valence-electron chi connectivity index (χ2n) is 5.25. The lowest BCUT2D eigenvalue weighted by Crippen LogP contribution is -2.46. The summed E-state index contributed by atoms with van der Waals surface area (Å²) in [5, 5.41) is 0. The molecule has 3 unspecified atom stereocenters. The molecule has 0 aromatic rings. The van der Waals surface area contributed by atoms with Crippen LogP contribution in [0.25, 0.3) is 0 Å². The molecule has 0 spiro atoms. The zero-order valence-corrected chi connectivity index (χ0v) is 11.4. The highest BCUT2D eigenvalue weighted by atomic mass is 15.2. The fourth-order valence-electron chi connectivity index (χ4n) is 3.38. The summed E-state index contributed by atoms with van der Waals surface area (Å²) in [4.78, 5) is 2.62. The Morgan fingerprint density at radius 1 is 1.12 bits per heavy atom.